The molecule has 0 aliphatic heterocycles. The van der Waals surface area contributed by atoms with Gasteiger partial charge in [-0.05, 0) is 30.0 Å². The fraction of sp³-hybridized carbons (Fsp3) is 0.500. The van der Waals surface area contributed by atoms with Crippen LogP contribution < -0.4 is 0 Å². The summed E-state index contributed by atoms with van der Waals surface area (Å²) in [5.41, 5.74) is 0.743. The Hall–Kier alpha value is -0.570. The Morgan fingerprint density at radius 3 is 2.44 bits per heavy atom. The van der Waals surface area contributed by atoms with Gasteiger partial charge >= 0.3 is 0 Å². The number of carbonyl (C=O) groups is 1. The summed E-state index contributed by atoms with van der Waals surface area (Å²) in [5, 5.41) is 0.832. The Morgan fingerprint density at radius 1 is 1.22 bits per heavy atom. The van der Waals surface area contributed by atoms with E-state index in [2.05, 4.69) is 20.8 Å². The smallest absolute Gasteiger partial charge is 0.188 e. The summed E-state index contributed by atoms with van der Waals surface area (Å²) >= 11 is 11.6. The minimum Gasteiger partial charge on any atom is -0.373 e. The standard InChI is InChI=1S/C14H18Cl2O2/c1-14(2,3)6-7-18-9-13(17)10-4-5-11(15)12(16)8-10/h4-5,8H,6-7,9H2,1-3H3. The van der Waals surface area contributed by atoms with E-state index in [1.807, 2.05) is 0 Å². The Labute approximate surface area is 118 Å². The lowest BCUT2D eigenvalue weighted by Gasteiger charge is -2.17. The second kappa shape index (κ2) is 6.55. The van der Waals surface area contributed by atoms with Crippen molar-refractivity contribution in [2.24, 2.45) is 5.41 Å². The van der Waals surface area contributed by atoms with Crippen molar-refractivity contribution in [2.45, 2.75) is 27.2 Å². The molecular formula is C14H18Cl2O2. The summed E-state index contributed by atoms with van der Waals surface area (Å²) in [7, 11) is 0. The molecule has 1 aromatic rings. The van der Waals surface area contributed by atoms with E-state index in [4.69, 9.17) is 27.9 Å². The first-order chi connectivity index (χ1) is 8.29. The third-order valence-corrected chi connectivity index (χ3v) is 3.21. The Morgan fingerprint density at radius 2 is 1.89 bits per heavy atom. The van der Waals surface area contributed by atoms with Crippen LogP contribution >= 0.6 is 23.2 Å². The molecule has 100 valence electrons. The van der Waals surface area contributed by atoms with Crippen LogP contribution in [0, 0.1) is 5.41 Å². The van der Waals surface area contributed by atoms with Gasteiger partial charge in [0.25, 0.3) is 0 Å². The quantitative estimate of drug-likeness (QED) is 0.583. The molecule has 0 amide bonds. The second-order valence-electron chi connectivity index (χ2n) is 5.42. The van der Waals surface area contributed by atoms with Crippen molar-refractivity contribution >= 4 is 29.0 Å². The lowest BCUT2D eigenvalue weighted by Crippen LogP contribution is -2.14. The number of hydrogen-bond donors (Lipinski definition) is 0. The van der Waals surface area contributed by atoms with Gasteiger partial charge in [0.15, 0.2) is 5.78 Å². The first-order valence-electron chi connectivity index (χ1n) is 5.85. The van der Waals surface area contributed by atoms with Crippen LogP contribution in [0.3, 0.4) is 0 Å². The maximum absolute atomic E-state index is 11.8. The third kappa shape index (κ3) is 5.38. The van der Waals surface area contributed by atoms with Gasteiger partial charge in [-0.25, -0.2) is 0 Å². The van der Waals surface area contributed by atoms with Crippen LogP contribution in [0.5, 0.6) is 0 Å². The van der Waals surface area contributed by atoms with E-state index in [9.17, 15) is 4.79 Å². The number of carbonyl (C=O) groups excluding carboxylic acids is 1. The molecule has 0 atom stereocenters. The van der Waals surface area contributed by atoms with Crippen molar-refractivity contribution < 1.29 is 9.53 Å². The summed E-state index contributed by atoms with van der Waals surface area (Å²) in [6.45, 7) is 7.07. The summed E-state index contributed by atoms with van der Waals surface area (Å²) < 4.78 is 5.37. The van der Waals surface area contributed by atoms with Gasteiger partial charge in [0.1, 0.15) is 6.61 Å². The molecule has 0 bridgehead atoms. The van der Waals surface area contributed by atoms with Gasteiger partial charge in [-0.15, -0.1) is 0 Å². The molecule has 0 aliphatic carbocycles. The molecule has 18 heavy (non-hydrogen) atoms. The molecule has 0 spiro atoms. The van der Waals surface area contributed by atoms with Crippen molar-refractivity contribution in [2.75, 3.05) is 13.2 Å². The van der Waals surface area contributed by atoms with Gasteiger partial charge in [0, 0.05) is 12.2 Å². The minimum absolute atomic E-state index is 0.0774. The van der Waals surface area contributed by atoms with Crippen LogP contribution in [0.4, 0.5) is 0 Å². The highest BCUT2D eigenvalue weighted by atomic mass is 35.5. The van der Waals surface area contributed by atoms with E-state index >= 15 is 0 Å². The first-order valence-corrected chi connectivity index (χ1v) is 6.61. The van der Waals surface area contributed by atoms with E-state index in [0.29, 0.717) is 22.2 Å². The molecule has 0 N–H and O–H groups in total. The predicted molar refractivity (Wildman–Crippen MR) is 75.7 cm³/mol. The Kier molecular flexibility index (Phi) is 5.64. The number of benzene rings is 1. The molecular weight excluding hydrogens is 271 g/mol. The van der Waals surface area contributed by atoms with Gasteiger partial charge in [-0.2, -0.15) is 0 Å². The van der Waals surface area contributed by atoms with E-state index in [0.717, 1.165) is 6.42 Å². The monoisotopic (exact) mass is 288 g/mol. The van der Waals surface area contributed by atoms with Gasteiger partial charge in [-0.1, -0.05) is 44.0 Å². The van der Waals surface area contributed by atoms with Gasteiger partial charge in [-0.3, -0.25) is 4.79 Å². The topological polar surface area (TPSA) is 26.3 Å². The number of ketones is 1. The molecule has 0 heterocycles. The van der Waals surface area contributed by atoms with Crippen LogP contribution in [0.2, 0.25) is 10.0 Å². The fourth-order valence-electron chi connectivity index (χ4n) is 1.30. The van der Waals surface area contributed by atoms with Crippen molar-refractivity contribution in [1.29, 1.82) is 0 Å². The number of halogens is 2. The first kappa shape index (κ1) is 15.5. The van der Waals surface area contributed by atoms with Gasteiger partial charge in [0.2, 0.25) is 0 Å². The van der Waals surface area contributed by atoms with E-state index in [1.54, 1.807) is 18.2 Å². The van der Waals surface area contributed by atoms with Crippen molar-refractivity contribution in [1.82, 2.24) is 0 Å². The average molecular weight is 289 g/mol. The summed E-state index contributed by atoms with van der Waals surface area (Å²) in [6.07, 6.45) is 0.918. The van der Waals surface area contributed by atoms with Crippen molar-refractivity contribution in [3.8, 4) is 0 Å². The number of hydrogen-bond acceptors (Lipinski definition) is 2. The highest BCUT2D eigenvalue weighted by molar-refractivity contribution is 6.42. The highest BCUT2D eigenvalue weighted by Gasteiger charge is 2.11. The molecule has 2 nitrogen and oxygen atoms in total. The zero-order valence-electron chi connectivity index (χ0n) is 10.9. The lowest BCUT2D eigenvalue weighted by molar-refractivity contribution is 0.0705. The maximum atomic E-state index is 11.8. The van der Waals surface area contributed by atoms with E-state index < -0.39 is 0 Å². The summed E-state index contributed by atoms with van der Waals surface area (Å²) in [5.74, 6) is -0.0810. The molecule has 0 aliphatic rings. The van der Waals surface area contributed by atoms with E-state index in [1.165, 1.54) is 0 Å². The average Bonchev–Trinajstić information content (AvgIpc) is 2.26. The molecule has 0 radical (unpaired) electrons. The lowest BCUT2D eigenvalue weighted by atomic mass is 9.93. The van der Waals surface area contributed by atoms with Crippen LogP contribution in [-0.2, 0) is 4.74 Å². The van der Waals surface area contributed by atoms with E-state index in [-0.39, 0.29) is 17.8 Å². The molecule has 0 unspecified atom stereocenters. The zero-order chi connectivity index (χ0) is 13.8. The number of ether oxygens (including phenoxy) is 1. The largest absolute Gasteiger partial charge is 0.373 e. The summed E-state index contributed by atoms with van der Waals surface area (Å²) in [6, 6.07) is 4.84. The molecule has 0 fully saturated rings. The van der Waals surface area contributed by atoms with Crippen molar-refractivity contribution in [3.05, 3.63) is 33.8 Å². The second-order valence-corrected chi connectivity index (χ2v) is 6.23. The maximum Gasteiger partial charge on any atom is 0.188 e. The summed E-state index contributed by atoms with van der Waals surface area (Å²) in [4.78, 5) is 11.8. The van der Waals surface area contributed by atoms with Crippen LogP contribution in [0.15, 0.2) is 18.2 Å². The highest BCUT2D eigenvalue weighted by Crippen LogP contribution is 2.23. The molecule has 1 rings (SSSR count). The Bertz CT molecular complexity index is 422. The molecule has 0 aromatic heterocycles. The van der Waals surface area contributed by atoms with Crippen LogP contribution in [-0.4, -0.2) is 19.0 Å². The van der Waals surface area contributed by atoms with Gasteiger partial charge < -0.3 is 4.74 Å². The normalized spacial score (nSPS) is 11.6. The zero-order valence-corrected chi connectivity index (χ0v) is 12.4. The molecule has 4 heteroatoms. The fourth-order valence-corrected chi connectivity index (χ4v) is 1.59. The SMILES string of the molecule is CC(C)(C)CCOCC(=O)c1ccc(Cl)c(Cl)c1. The number of rotatable bonds is 5. The molecule has 0 saturated carbocycles. The molecule has 0 saturated heterocycles. The predicted octanol–water partition coefficient (Wildman–Crippen LogP) is 4.63. The van der Waals surface area contributed by atoms with Crippen LogP contribution in [0.25, 0.3) is 0 Å². The van der Waals surface area contributed by atoms with Gasteiger partial charge in [0.05, 0.1) is 10.0 Å². The van der Waals surface area contributed by atoms with Crippen molar-refractivity contribution in [3.63, 3.8) is 0 Å². The number of Topliss-reactive ketones (excluding diaryl/α,β-unsaturated/α-hetero) is 1. The Balaban J connectivity index is 2.43. The molecule has 1 aromatic carbocycles. The minimum atomic E-state index is -0.0810. The third-order valence-electron chi connectivity index (χ3n) is 2.47. The van der Waals surface area contributed by atoms with Crippen LogP contribution in [0.1, 0.15) is 37.6 Å².